The van der Waals surface area contributed by atoms with Crippen molar-refractivity contribution < 1.29 is 0 Å². The predicted octanol–water partition coefficient (Wildman–Crippen LogP) is 3.30. The summed E-state index contributed by atoms with van der Waals surface area (Å²) in [5.41, 5.74) is 1.43. The quantitative estimate of drug-likeness (QED) is 0.826. The summed E-state index contributed by atoms with van der Waals surface area (Å²) in [7, 11) is 2.04. The Morgan fingerprint density at radius 2 is 2.11 bits per heavy atom. The molecule has 1 aromatic heterocycles. The van der Waals surface area contributed by atoms with Gasteiger partial charge in [-0.05, 0) is 31.9 Å². The summed E-state index contributed by atoms with van der Waals surface area (Å²) in [6, 6.07) is 11.2. The molecular weight excluding hydrogens is 240 g/mol. The van der Waals surface area contributed by atoms with Gasteiger partial charge in [-0.3, -0.25) is 0 Å². The Balaban J connectivity index is 1.74. The van der Waals surface area contributed by atoms with Crippen LogP contribution in [-0.2, 0) is 12.8 Å². The van der Waals surface area contributed by atoms with Crippen LogP contribution >= 0.6 is 11.3 Å². The highest BCUT2D eigenvalue weighted by atomic mass is 32.1. The van der Waals surface area contributed by atoms with Crippen molar-refractivity contribution in [2.75, 3.05) is 7.05 Å². The van der Waals surface area contributed by atoms with Crippen molar-refractivity contribution in [3.05, 3.63) is 52.5 Å². The maximum absolute atomic E-state index is 4.35. The third kappa shape index (κ3) is 4.24. The maximum Gasteiger partial charge on any atom is 0.0940 e. The van der Waals surface area contributed by atoms with Crippen LogP contribution in [0.2, 0.25) is 0 Å². The second kappa shape index (κ2) is 7.29. The van der Waals surface area contributed by atoms with E-state index in [2.05, 4.69) is 40.6 Å². The summed E-state index contributed by atoms with van der Waals surface area (Å²) in [5.74, 6) is 0. The summed E-state index contributed by atoms with van der Waals surface area (Å²) in [6.07, 6.45) is 6.52. The van der Waals surface area contributed by atoms with Gasteiger partial charge >= 0.3 is 0 Å². The summed E-state index contributed by atoms with van der Waals surface area (Å²) in [5, 5.41) is 6.67. The molecule has 1 unspecified atom stereocenters. The fourth-order valence-corrected chi connectivity index (χ4v) is 2.81. The number of nitrogens with zero attached hydrogens (tertiary/aromatic N) is 1. The Bertz CT molecular complexity index is 425. The van der Waals surface area contributed by atoms with Crippen molar-refractivity contribution in [3.63, 3.8) is 0 Å². The van der Waals surface area contributed by atoms with Gasteiger partial charge < -0.3 is 5.32 Å². The zero-order chi connectivity index (χ0) is 12.6. The third-order valence-electron chi connectivity index (χ3n) is 3.17. The minimum Gasteiger partial charge on any atom is -0.317 e. The van der Waals surface area contributed by atoms with E-state index < -0.39 is 0 Å². The molecule has 1 aromatic carbocycles. The molecule has 0 saturated heterocycles. The summed E-state index contributed by atoms with van der Waals surface area (Å²) < 4.78 is 0. The van der Waals surface area contributed by atoms with E-state index in [9.17, 15) is 0 Å². The van der Waals surface area contributed by atoms with E-state index in [0.29, 0.717) is 6.04 Å². The predicted molar refractivity (Wildman–Crippen MR) is 78.0 cm³/mol. The van der Waals surface area contributed by atoms with Crippen LogP contribution in [-0.4, -0.2) is 18.1 Å². The first-order valence-corrected chi connectivity index (χ1v) is 7.36. The fraction of sp³-hybridized carbons (Fsp3) is 0.400. The van der Waals surface area contributed by atoms with Gasteiger partial charge in [-0.15, -0.1) is 11.3 Å². The smallest absolute Gasteiger partial charge is 0.0940 e. The number of likely N-dealkylation sites (N-methyl/N-ethyl adjacent to an activating group) is 1. The molecule has 18 heavy (non-hydrogen) atoms. The largest absolute Gasteiger partial charge is 0.317 e. The molecule has 1 N–H and O–H groups in total. The molecule has 0 aliphatic heterocycles. The highest BCUT2D eigenvalue weighted by molar-refractivity contribution is 7.09. The molecule has 2 rings (SSSR count). The second-order valence-corrected chi connectivity index (χ2v) is 5.47. The van der Waals surface area contributed by atoms with Crippen molar-refractivity contribution in [3.8, 4) is 0 Å². The SMILES string of the molecule is CNC(CCCc1ccccc1)Cc1nccs1. The van der Waals surface area contributed by atoms with Gasteiger partial charge in [-0.25, -0.2) is 4.98 Å². The van der Waals surface area contributed by atoms with Crippen LogP contribution < -0.4 is 5.32 Å². The Morgan fingerprint density at radius 1 is 1.28 bits per heavy atom. The van der Waals surface area contributed by atoms with E-state index in [1.807, 2.05) is 18.6 Å². The zero-order valence-electron chi connectivity index (χ0n) is 10.8. The monoisotopic (exact) mass is 260 g/mol. The lowest BCUT2D eigenvalue weighted by Gasteiger charge is -2.14. The molecule has 3 heteroatoms. The van der Waals surface area contributed by atoms with Crippen LogP contribution in [0.4, 0.5) is 0 Å². The van der Waals surface area contributed by atoms with Crippen LogP contribution in [0.5, 0.6) is 0 Å². The topological polar surface area (TPSA) is 24.9 Å². The van der Waals surface area contributed by atoms with Gasteiger partial charge in [-0.1, -0.05) is 30.3 Å². The molecule has 1 atom stereocenters. The summed E-state index contributed by atoms with van der Waals surface area (Å²) >= 11 is 1.75. The second-order valence-electron chi connectivity index (χ2n) is 4.49. The summed E-state index contributed by atoms with van der Waals surface area (Å²) in [4.78, 5) is 4.35. The van der Waals surface area contributed by atoms with Crippen molar-refractivity contribution in [1.82, 2.24) is 10.3 Å². The van der Waals surface area contributed by atoms with Crippen LogP contribution in [0, 0.1) is 0 Å². The van der Waals surface area contributed by atoms with Crippen LogP contribution in [0.15, 0.2) is 41.9 Å². The maximum atomic E-state index is 4.35. The number of aromatic nitrogens is 1. The molecule has 0 bridgehead atoms. The highest BCUT2D eigenvalue weighted by Crippen LogP contribution is 2.12. The molecule has 0 aliphatic carbocycles. The lowest BCUT2D eigenvalue weighted by molar-refractivity contribution is 0.501. The average Bonchev–Trinajstić information content (AvgIpc) is 2.92. The van der Waals surface area contributed by atoms with E-state index >= 15 is 0 Å². The van der Waals surface area contributed by atoms with Gasteiger partial charge in [-0.2, -0.15) is 0 Å². The number of hydrogen-bond acceptors (Lipinski definition) is 3. The number of nitrogens with one attached hydrogen (secondary N) is 1. The third-order valence-corrected chi connectivity index (χ3v) is 3.98. The van der Waals surface area contributed by atoms with Gasteiger partial charge in [0.1, 0.15) is 0 Å². The normalized spacial score (nSPS) is 12.5. The van der Waals surface area contributed by atoms with Gasteiger partial charge in [0.05, 0.1) is 5.01 Å². The molecule has 0 fully saturated rings. The van der Waals surface area contributed by atoms with Gasteiger partial charge in [0.25, 0.3) is 0 Å². The van der Waals surface area contributed by atoms with E-state index in [1.165, 1.54) is 23.4 Å². The van der Waals surface area contributed by atoms with Crippen LogP contribution in [0.25, 0.3) is 0 Å². The number of rotatable bonds is 7. The molecule has 96 valence electrons. The standard InChI is InChI=1S/C15H20N2S/c1-16-14(12-15-17-10-11-18-15)9-5-8-13-6-3-2-4-7-13/h2-4,6-7,10-11,14,16H,5,8-9,12H2,1H3. The molecular formula is C15H20N2S. The molecule has 2 aromatic rings. The molecule has 0 saturated carbocycles. The first-order valence-electron chi connectivity index (χ1n) is 6.48. The van der Waals surface area contributed by atoms with Crippen LogP contribution in [0.1, 0.15) is 23.4 Å². The fourth-order valence-electron chi connectivity index (χ4n) is 2.11. The van der Waals surface area contributed by atoms with Gasteiger partial charge in [0.2, 0.25) is 0 Å². The minimum atomic E-state index is 0.542. The lowest BCUT2D eigenvalue weighted by atomic mass is 10.0. The van der Waals surface area contributed by atoms with Crippen molar-refractivity contribution in [1.29, 1.82) is 0 Å². The zero-order valence-corrected chi connectivity index (χ0v) is 11.6. The van der Waals surface area contributed by atoms with Crippen molar-refractivity contribution >= 4 is 11.3 Å². The van der Waals surface area contributed by atoms with E-state index in [4.69, 9.17) is 0 Å². The first-order chi connectivity index (χ1) is 8.88. The lowest BCUT2D eigenvalue weighted by Crippen LogP contribution is -2.27. The number of hydrogen-bond donors (Lipinski definition) is 1. The Kier molecular flexibility index (Phi) is 5.36. The molecule has 1 heterocycles. The molecule has 0 aliphatic rings. The van der Waals surface area contributed by atoms with Gasteiger partial charge in [0.15, 0.2) is 0 Å². The molecule has 0 amide bonds. The minimum absolute atomic E-state index is 0.542. The number of aryl methyl sites for hydroxylation is 1. The van der Waals surface area contributed by atoms with Gasteiger partial charge in [0, 0.05) is 24.0 Å². The first kappa shape index (κ1) is 13.2. The van der Waals surface area contributed by atoms with Crippen molar-refractivity contribution in [2.24, 2.45) is 0 Å². The van der Waals surface area contributed by atoms with E-state index in [-0.39, 0.29) is 0 Å². The highest BCUT2D eigenvalue weighted by Gasteiger charge is 2.08. The van der Waals surface area contributed by atoms with E-state index in [0.717, 1.165) is 12.8 Å². The van der Waals surface area contributed by atoms with Crippen LogP contribution in [0.3, 0.4) is 0 Å². The number of thiazole rings is 1. The molecule has 0 radical (unpaired) electrons. The Labute approximate surface area is 113 Å². The average molecular weight is 260 g/mol. The number of benzene rings is 1. The van der Waals surface area contributed by atoms with Crippen molar-refractivity contribution in [2.45, 2.75) is 31.7 Å². The summed E-state index contributed by atoms with van der Waals surface area (Å²) in [6.45, 7) is 0. The Morgan fingerprint density at radius 3 is 2.78 bits per heavy atom. The molecule has 2 nitrogen and oxygen atoms in total. The van der Waals surface area contributed by atoms with E-state index in [1.54, 1.807) is 11.3 Å². The Hall–Kier alpha value is -1.19. The molecule has 0 spiro atoms.